The van der Waals surface area contributed by atoms with Gasteiger partial charge in [0.15, 0.2) is 0 Å². The van der Waals surface area contributed by atoms with E-state index < -0.39 is 46.3 Å². The van der Waals surface area contributed by atoms with Gasteiger partial charge in [0, 0.05) is 34.5 Å². The molecule has 4 amide bonds. The van der Waals surface area contributed by atoms with Crippen LogP contribution in [0.3, 0.4) is 0 Å². The van der Waals surface area contributed by atoms with E-state index in [-0.39, 0.29) is 23.4 Å². The highest BCUT2D eigenvalue weighted by Crippen LogP contribution is 2.45. The Hall–Kier alpha value is -2.94. The first-order valence-electron chi connectivity index (χ1n) is 12.3. The predicted octanol–water partition coefficient (Wildman–Crippen LogP) is -2.81. The first kappa shape index (κ1) is 28.1. The summed E-state index contributed by atoms with van der Waals surface area (Å²) in [7, 11) is 9.70. The molecule has 2 aliphatic rings. The molecule has 190 valence electrons. The summed E-state index contributed by atoms with van der Waals surface area (Å²) < 4.78 is 30.0. The van der Waals surface area contributed by atoms with Gasteiger partial charge in [0.2, 0.25) is 27.8 Å². The number of piperidine rings is 1. The number of nitrogens with zero attached hydrogens (tertiary/aromatic N) is 3. The molecule has 2 aromatic carbocycles. The van der Waals surface area contributed by atoms with Crippen LogP contribution >= 0.6 is 11.6 Å². The minimum absolute atomic E-state index is 0.127. The number of amides is 4. The highest BCUT2D eigenvalue weighted by molar-refractivity contribution is 6.52. The molecule has 2 heterocycles. The van der Waals surface area contributed by atoms with Crippen molar-refractivity contribution in [3.8, 4) is 0 Å². The maximum Gasteiger partial charge on any atom is 0.348 e. The van der Waals surface area contributed by atoms with Crippen LogP contribution in [0.1, 0.15) is 33.0 Å². The zero-order valence-electron chi connectivity index (χ0n) is 22.1. The van der Waals surface area contributed by atoms with Crippen LogP contribution in [0, 0.1) is 0 Å². The highest BCUT2D eigenvalue weighted by atomic mass is 35.5. The van der Waals surface area contributed by atoms with Crippen LogP contribution in [0.2, 0.25) is 16.1 Å². The molecule has 2 aromatic rings. The van der Waals surface area contributed by atoms with Crippen molar-refractivity contribution in [1.29, 1.82) is 0 Å². The minimum atomic E-state index is -3.76. The molecule has 3 atom stereocenters. The molecule has 1 saturated heterocycles. The predicted molar refractivity (Wildman–Crippen MR) is 155 cm³/mol. The lowest BCUT2D eigenvalue weighted by Crippen LogP contribution is -2.63. The zero-order chi connectivity index (χ0) is 28.3. The summed E-state index contributed by atoms with van der Waals surface area (Å²) in [5.74, 6) is -7.41. The quantitative estimate of drug-likeness (QED) is 0.308. The van der Waals surface area contributed by atoms with E-state index in [1.165, 1.54) is 33.0 Å². The number of hydrogen-bond donors (Lipinski definition) is 0. The average Bonchev–Trinajstić information content (AvgIpc) is 3.20. The number of hydrogen-bond acceptors (Lipinski definition) is 4. The number of carbonyl (C=O) groups is 4. The molecule has 7 nitrogen and oxygen atoms in total. The molecule has 0 saturated carbocycles. The average molecular weight is 533 g/mol. The molecule has 4 rings (SSSR count). The van der Waals surface area contributed by atoms with E-state index in [2.05, 4.69) is 0 Å². The molecule has 0 aromatic heterocycles. The van der Waals surface area contributed by atoms with Crippen molar-refractivity contribution >= 4 is 82.6 Å². The van der Waals surface area contributed by atoms with Crippen molar-refractivity contribution < 1.29 is 28.0 Å². The van der Waals surface area contributed by atoms with Gasteiger partial charge in [-0.2, -0.15) is 8.78 Å². The van der Waals surface area contributed by atoms with Crippen LogP contribution in [0.25, 0.3) is 0 Å². The molecule has 0 bridgehead atoms. The van der Waals surface area contributed by atoms with E-state index in [0.29, 0.717) is 16.7 Å². The third-order valence-electron chi connectivity index (χ3n) is 8.22. The molecule has 0 N–H and O–H groups in total. The molecule has 16 heteroatoms. The van der Waals surface area contributed by atoms with E-state index in [1.807, 2.05) is 0 Å². The normalized spacial score (nSPS) is 21.8. The summed E-state index contributed by atoms with van der Waals surface area (Å²) in [5, 5.41) is -0.513. The first-order chi connectivity index (χ1) is 17.6. The van der Waals surface area contributed by atoms with Crippen molar-refractivity contribution in [2.45, 2.75) is 35.5 Å². The topological polar surface area (TPSA) is 78.0 Å². The Labute approximate surface area is 230 Å². The monoisotopic (exact) mass is 533 g/mol. The molecular weight excluding hydrogens is 509 g/mol. The van der Waals surface area contributed by atoms with Crippen LogP contribution in [-0.2, 0) is 26.9 Å². The van der Waals surface area contributed by atoms with Gasteiger partial charge in [0.25, 0.3) is 11.8 Å². The third-order valence-corrected chi connectivity index (χ3v) is 8.47. The van der Waals surface area contributed by atoms with Crippen molar-refractivity contribution in [1.82, 2.24) is 14.5 Å². The van der Waals surface area contributed by atoms with Crippen LogP contribution in [0.4, 0.5) is 8.78 Å². The fraction of sp³-hybridized carbons (Fsp3) is 0.273. The van der Waals surface area contributed by atoms with Gasteiger partial charge in [0.1, 0.15) is 37.4 Å². The lowest BCUT2D eigenvalue weighted by molar-refractivity contribution is -0.154. The van der Waals surface area contributed by atoms with Gasteiger partial charge in [-0.05, 0) is 29.3 Å². The van der Waals surface area contributed by atoms with Gasteiger partial charge < -0.3 is 14.5 Å². The number of alkyl halides is 2. The summed E-state index contributed by atoms with van der Waals surface area (Å²) in [4.78, 5) is 55.4. The highest BCUT2D eigenvalue weighted by Gasteiger charge is 2.54. The second-order valence-electron chi connectivity index (χ2n) is 10.7. The maximum atomic E-state index is 15.0. The van der Waals surface area contributed by atoms with Gasteiger partial charge >= 0.3 is 5.92 Å². The summed E-state index contributed by atoms with van der Waals surface area (Å²) in [6.07, 6.45) is 0. The summed E-state index contributed by atoms with van der Waals surface area (Å²) in [6, 6.07) is 8.93. The summed E-state index contributed by atoms with van der Waals surface area (Å²) in [5.41, 5.74) is 1.13. The fourth-order valence-corrected chi connectivity index (χ4v) is 5.35. The molecular formula is C22H24B6ClF2N3O4. The number of rotatable bonds is 5. The van der Waals surface area contributed by atoms with E-state index in [1.54, 1.807) is 49.6 Å². The molecule has 2 aliphatic heterocycles. The smallest absolute Gasteiger partial charge is 0.348 e. The standard InChI is InChI=1S/C22H24B6ClF2N3O4/c23-14-18(36)34(28)19(37)15(21(14,25)26)32-8-10-7-9(1-6-13(10)17(32)35)16(24)33(27)20(38)22(30,31)11-2-4-12(29)5-3-11/h1-7,14-16H,8,23-28H2. The minimum Gasteiger partial charge on any atom is -0.389 e. The Morgan fingerprint density at radius 3 is 2.32 bits per heavy atom. The van der Waals surface area contributed by atoms with E-state index in [4.69, 9.17) is 11.6 Å². The number of imide groups is 1. The van der Waals surface area contributed by atoms with Gasteiger partial charge in [-0.1, -0.05) is 41.1 Å². The lowest BCUT2D eigenvalue weighted by atomic mass is 9.38. The van der Waals surface area contributed by atoms with Gasteiger partial charge in [-0.3, -0.25) is 19.2 Å². The second-order valence-corrected chi connectivity index (χ2v) is 11.1. The molecule has 1 fully saturated rings. The lowest BCUT2D eigenvalue weighted by Gasteiger charge is -2.49. The second kappa shape index (κ2) is 9.67. The zero-order valence-corrected chi connectivity index (χ0v) is 22.8. The Morgan fingerprint density at radius 2 is 1.71 bits per heavy atom. The van der Waals surface area contributed by atoms with Gasteiger partial charge in [-0.15, -0.1) is 0 Å². The Morgan fingerprint density at radius 1 is 1.11 bits per heavy atom. The van der Waals surface area contributed by atoms with Crippen LogP contribution < -0.4 is 0 Å². The maximum absolute atomic E-state index is 15.0. The van der Waals surface area contributed by atoms with E-state index in [0.717, 1.165) is 21.8 Å². The summed E-state index contributed by atoms with van der Waals surface area (Å²) in [6.45, 7) is 0.127. The molecule has 38 heavy (non-hydrogen) atoms. The third kappa shape index (κ3) is 4.38. The van der Waals surface area contributed by atoms with Crippen molar-refractivity contribution in [3.05, 3.63) is 69.7 Å². The number of fused-ring (bicyclic) bond motifs is 1. The SMILES string of the molecule is BC(c1ccc2c(c1)CN(C1C(=O)N(B)C(=O)C(B)C1(B)B)C2=O)N(B)C(=O)C(F)(F)c1ccc(Cl)cc1. The van der Waals surface area contributed by atoms with E-state index in [9.17, 15) is 28.0 Å². The number of carbonyl (C=O) groups excluding carboxylic acids is 4. The van der Waals surface area contributed by atoms with Crippen molar-refractivity contribution in [2.24, 2.45) is 0 Å². The largest absolute Gasteiger partial charge is 0.389 e. The summed E-state index contributed by atoms with van der Waals surface area (Å²) >= 11 is 5.79. The Kier molecular flexibility index (Phi) is 7.14. The van der Waals surface area contributed by atoms with Crippen molar-refractivity contribution in [2.75, 3.05) is 0 Å². The van der Waals surface area contributed by atoms with Crippen LogP contribution in [-0.4, -0.2) is 91.5 Å². The number of halogens is 3. The van der Waals surface area contributed by atoms with Gasteiger partial charge in [0.05, 0.1) is 0 Å². The molecule has 0 aliphatic carbocycles. The molecule has 0 radical (unpaired) electrons. The van der Waals surface area contributed by atoms with Crippen LogP contribution in [0.15, 0.2) is 42.5 Å². The fourth-order valence-electron chi connectivity index (χ4n) is 5.23. The molecule has 0 spiro atoms. The van der Waals surface area contributed by atoms with E-state index >= 15 is 0 Å². The van der Waals surface area contributed by atoms with Crippen molar-refractivity contribution in [3.63, 3.8) is 0 Å². The first-order valence-corrected chi connectivity index (χ1v) is 12.6. The molecule has 3 unspecified atom stereocenters. The van der Waals surface area contributed by atoms with Gasteiger partial charge in [-0.25, -0.2) is 0 Å². The Balaban J connectivity index is 1.59. The Bertz CT molecular complexity index is 1350. The number of benzene rings is 2. The van der Waals surface area contributed by atoms with Crippen LogP contribution in [0.5, 0.6) is 0 Å².